The highest BCUT2D eigenvalue weighted by molar-refractivity contribution is 5.88. The quantitative estimate of drug-likeness (QED) is 0.392. The summed E-state index contributed by atoms with van der Waals surface area (Å²) in [6, 6.07) is 24.3. The van der Waals surface area contributed by atoms with Gasteiger partial charge in [-0.05, 0) is 43.5 Å². The van der Waals surface area contributed by atoms with Gasteiger partial charge in [-0.15, -0.1) is 0 Å². The van der Waals surface area contributed by atoms with Crippen LogP contribution in [-0.4, -0.2) is 42.5 Å². The molecule has 3 rings (SSSR count). The van der Waals surface area contributed by atoms with E-state index in [1.165, 1.54) is 0 Å². The van der Waals surface area contributed by atoms with Gasteiger partial charge in [0.05, 0.1) is 7.11 Å². The molecule has 0 saturated carbocycles. The largest absolute Gasteiger partial charge is 0.493 e. The van der Waals surface area contributed by atoms with Gasteiger partial charge in [-0.3, -0.25) is 9.59 Å². The number of nitrogens with zero attached hydrogens (tertiary/aromatic N) is 1. The second-order valence-electron chi connectivity index (χ2n) is 8.97. The van der Waals surface area contributed by atoms with E-state index in [0.717, 1.165) is 23.1 Å². The van der Waals surface area contributed by atoms with Crippen LogP contribution in [-0.2, 0) is 22.6 Å². The molecule has 0 aliphatic heterocycles. The number of ether oxygens (including phenoxy) is 2. The van der Waals surface area contributed by atoms with Crippen molar-refractivity contribution in [1.29, 1.82) is 0 Å². The van der Waals surface area contributed by atoms with Crippen molar-refractivity contribution in [2.45, 2.75) is 52.2 Å². The van der Waals surface area contributed by atoms with Crippen molar-refractivity contribution in [2.75, 3.05) is 13.7 Å². The minimum absolute atomic E-state index is 0.00322. The Morgan fingerprint density at radius 2 is 1.58 bits per heavy atom. The van der Waals surface area contributed by atoms with Crippen LogP contribution in [0.2, 0.25) is 0 Å². The molecule has 0 radical (unpaired) electrons. The SMILES string of the molecule is CC[C@H](C)NC(=O)[C@H](Cc1ccccc1)N(Cc1cccc(C)c1)C(=O)COc1ccccc1OC. The third-order valence-electron chi connectivity index (χ3n) is 6.13. The first-order valence-corrected chi connectivity index (χ1v) is 12.4. The highest BCUT2D eigenvalue weighted by atomic mass is 16.5. The number of amides is 2. The Morgan fingerprint density at radius 3 is 2.25 bits per heavy atom. The maximum atomic E-state index is 13.7. The Morgan fingerprint density at radius 1 is 0.917 bits per heavy atom. The highest BCUT2D eigenvalue weighted by Gasteiger charge is 2.31. The van der Waals surface area contributed by atoms with Gasteiger partial charge >= 0.3 is 0 Å². The number of benzene rings is 3. The van der Waals surface area contributed by atoms with Crippen LogP contribution in [0.4, 0.5) is 0 Å². The topological polar surface area (TPSA) is 67.9 Å². The number of carbonyl (C=O) groups excluding carboxylic acids is 2. The molecule has 36 heavy (non-hydrogen) atoms. The summed E-state index contributed by atoms with van der Waals surface area (Å²) >= 11 is 0. The van der Waals surface area contributed by atoms with Gasteiger partial charge in [0.2, 0.25) is 5.91 Å². The standard InChI is InChI=1S/C30H36N2O4/c1-5-23(3)31-30(34)26(19-24-13-7-6-8-14-24)32(20-25-15-11-12-22(2)18-25)29(33)21-36-28-17-10-9-16-27(28)35-4/h6-18,23,26H,5,19-21H2,1-4H3,(H,31,34)/t23-,26-/m0/s1. The average Bonchev–Trinajstić information content (AvgIpc) is 2.89. The van der Waals surface area contributed by atoms with Gasteiger partial charge in [0, 0.05) is 19.0 Å². The van der Waals surface area contributed by atoms with Crippen LogP contribution in [0.1, 0.15) is 37.0 Å². The van der Waals surface area contributed by atoms with E-state index in [-0.39, 0.29) is 24.5 Å². The lowest BCUT2D eigenvalue weighted by molar-refractivity contribution is -0.143. The van der Waals surface area contributed by atoms with Gasteiger partial charge in [0.1, 0.15) is 6.04 Å². The van der Waals surface area contributed by atoms with Crippen molar-refractivity contribution in [2.24, 2.45) is 0 Å². The summed E-state index contributed by atoms with van der Waals surface area (Å²) in [6.45, 7) is 6.08. The van der Waals surface area contributed by atoms with E-state index < -0.39 is 6.04 Å². The molecular weight excluding hydrogens is 452 g/mol. The van der Waals surface area contributed by atoms with E-state index >= 15 is 0 Å². The molecule has 0 aliphatic carbocycles. The fourth-order valence-electron chi connectivity index (χ4n) is 3.96. The second kappa shape index (κ2) is 13.3. The molecule has 0 unspecified atom stereocenters. The summed E-state index contributed by atoms with van der Waals surface area (Å²) in [5, 5.41) is 3.08. The fourth-order valence-corrected chi connectivity index (χ4v) is 3.96. The van der Waals surface area contributed by atoms with Crippen LogP contribution < -0.4 is 14.8 Å². The molecule has 0 fully saturated rings. The molecular formula is C30H36N2O4. The number of methoxy groups -OCH3 is 1. The lowest BCUT2D eigenvalue weighted by atomic mass is 10.0. The Bertz CT molecular complexity index is 1130. The smallest absolute Gasteiger partial charge is 0.261 e. The fraction of sp³-hybridized carbons (Fsp3) is 0.333. The number of rotatable bonds is 12. The first kappa shape index (κ1) is 26.8. The van der Waals surface area contributed by atoms with Gasteiger partial charge in [-0.2, -0.15) is 0 Å². The van der Waals surface area contributed by atoms with Gasteiger partial charge < -0.3 is 19.7 Å². The summed E-state index contributed by atoms with van der Waals surface area (Å²) < 4.78 is 11.2. The van der Waals surface area contributed by atoms with Gasteiger partial charge in [-0.1, -0.05) is 79.2 Å². The number of nitrogens with one attached hydrogen (secondary N) is 1. The van der Waals surface area contributed by atoms with Gasteiger partial charge in [-0.25, -0.2) is 0 Å². The molecule has 0 heterocycles. The van der Waals surface area contributed by atoms with Crippen LogP contribution in [0, 0.1) is 6.92 Å². The maximum absolute atomic E-state index is 13.7. The third kappa shape index (κ3) is 7.60. The Balaban J connectivity index is 1.93. The zero-order valence-electron chi connectivity index (χ0n) is 21.6. The molecule has 1 N–H and O–H groups in total. The second-order valence-corrected chi connectivity index (χ2v) is 8.97. The minimum atomic E-state index is -0.698. The molecule has 0 aromatic heterocycles. The first-order chi connectivity index (χ1) is 17.4. The lowest BCUT2D eigenvalue weighted by Gasteiger charge is -2.32. The molecule has 3 aromatic rings. The molecule has 3 aromatic carbocycles. The van der Waals surface area contributed by atoms with E-state index in [1.807, 2.05) is 87.5 Å². The summed E-state index contributed by atoms with van der Waals surface area (Å²) in [7, 11) is 1.56. The van der Waals surface area contributed by atoms with Crippen LogP contribution in [0.15, 0.2) is 78.9 Å². The Labute approximate surface area is 214 Å². The predicted molar refractivity (Wildman–Crippen MR) is 142 cm³/mol. The van der Waals surface area contributed by atoms with E-state index in [9.17, 15) is 9.59 Å². The summed E-state index contributed by atoms with van der Waals surface area (Å²) in [5.74, 6) is 0.576. The van der Waals surface area contributed by atoms with E-state index in [2.05, 4.69) is 5.32 Å². The third-order valence-corrected chi connectivity index (χ3v) is 6.13. The molecule has 0 bridgehead atoms. The van der Waals surface area contributed by atoms with Crippen molar-refractivity contribution in [3.05, 3.63) is 95.6 Å². The van der Waals surface area contributed by atoms with E-state index in [1.54, 1.807) is 24.1 Å². The molecule has 6 heteroatoms. The van der Waals surface area contributed by atoms with Crippen molar-refractivity contribution in [3.8, 4) is 11.5 Å². The number of carbonyl (C=O) groups is 2. The zero-order valence-corrected chi connectivity index (χ0v) is 21.6. The zero-order chi connectivity index (χ0) is 25.9. The molecule has 0 saturated heterocycles. The normalized spacial score (nSPS) is 12.3. The summed E-state index contributed by atoms with van der Waals surface area (Å²) in [6.07, 6.45) is 1.20. The number of aryl methyl sites for hydroxylation is 1. The lowest BCUT2D eigenvalue weighted by Crippen LogP contribution is -2.53. The number of hydrogen-bond acceptors (Lipinski definition) is 4. The number of para-hydroxylation sites is 2. The van der Waals surface area contributed by atoms with Gasteiger partial charge in [0.25, 0.3) is 5.91 Å². The molecule has 2 atom stereocenters. The van der Waals surface area contributed by atoms with Crippen LogP contribution >= 0.6 is 0 Å². The molecule has 2 amide bonds. The van der Waals surface area contributed by atoms with Crippen LogP contribution in [0.5, 0.6) is 11.5 Å². The monoisotopic (exact) mass is 488 g/mol. The minimum Gasteiger partial charge on any atom is -0.493 e. The summed E-state index contributed by atoms with van der Waals surface area (Å²) in [4.78, 5) is 28.8. The molecule has 0 spiro atoms. The van der Waals surface area contributed by atoms with Crippen molar-refractivity contribution in [3.63, 3.8) is 0 Å². The molecule has 190 valence electrons. The summed E-state index contributed by atoms with van der Waals surface area (Å²) in [5.41, 5.74) is 3.03. The van der Waals surface area contributed by atoms with E-state index in [0.29, 0.717) is 24.5 Å². The van der Waals surface area contributed by atoms with Gasteiger partial charge in [0.15, 0.2) is 18.1 Å². The van der Waals surface area contributed by atoms with Crippen molar-refractivity contribution < 1.29 is 19.1 Å². The first-order valence-electron chi connectivity index (χ1n) is 12.4. The highest BCUT2D eigenvalue weighted by Crippen LogP contribution is 2.26. The molecule has 6 nitrogen and oxygen atoms in total. The maximum Gasteiger partial charge on any atom is 0.261 e. The average molecular weight is 489 g/mol. The van der Waals surface area contributed by atoms with Crippen molar-refractivity contribution in [1.82, 2.24) is 10.2 Å². The van der Waals surface area contributed by atoms with E-state index in [4.69, 9.17) is 9.47 Å². The van der Waals surface area contributed by atoms with Crippen molar-refractivity contribution >= 4 is 11.8 Å². The van der Waals surface area contributed by atoms with Crippen LogP contribution in [0.25, 0.3) is 0 Å². The predicted octanol–water partition coefficient (Wildman–Crippen LogP) is 4.94. The van der Waals surface area contributed by atoms with Crippen LogP contribution in [0.3, 0.4) is 0 Å². The molecule has 0 aliphatic rings. The number of hydrogen-bond donors (Lipinski definition) is 1. The Kier molecular flexibility index (Phi) is 9.92. The Hall–Kier alpha value is -3.80.